The summed E-state index contributed by atoms with van der Waals surface area (Å²) < 4.78 is 10.7. The van der Waals surface area contributed by atoms with E-state index in [4.69, 9.17) is 21.1 Å². The van der Waals surface area contributed by atoms with Gasteiger partial charge in [-0.15, -0.1) is 11.8 Å². The van der Waals surface area contributed by atoms with E-state index in [0.29, 0.717) is 11.3 Å². The van der Waals surface area contributed by atoms with Crippen molar-refractivity contribution in [3.8, 4) is 5.75 Å². The van der Waals surface area contributed by atoms with Crippen LogP contribution in [-0.2, 0) is 25.7 Å². The highest BCUT2D eigenvalue weighted by atomic mass is 35.5. The van der Waals surface area contributed by atoms with Gasteiger partial charge >= 0.3 is 5.97 Å². The number of hydrogen-bond donors (Lipinski definition) is 1. The van der Waals surface area contributed by atoms with Crippen LogP contribution in [0.15, 0.2) is 65.3 Å². The van der Waals surface area contributed by atoms with E-state index >= 15 is 0 Å². The summed E-state index contributed by atoms with van der Waals surface area (Å²) >= 11 is 7.54. The number of non-ortho nitro benzene ring substituents is 1. The van der Waals surface area contributed by atoms with E-state index in [1.807, 2.05) is 6.07 Å². The molecule has 2 atom stereocenters. The summed E-state index contributed by atoms with van der Waals surface area (Å²) in [5.74, 6) is -0.945. The molecule has 0 aliphatic carbocycles. The summed E-state index contributed by atoms with van der Waals surface area (Å²) in [7, 11) is 0. The molecule has 2 aliphatic rings. The van der Waals surface area contributed by atoms with Crippen molar-refractivity contribution in [2.45, 2.75) is 18.0 Å². The van der Waals surface area contributed by atoms with Gasteiger partial charge in [-0.05, 0) is 29.8 Å². The molecule has 2 aromatic carbocycles. The highest BCUT2D eigenvalue weighted by Crippen LogP contribution is 2.41. The number of benzene rings is 2. The van der Waals surface area contributed by atoms with Crippen molar-refractivity contribution < 1.29 is 28.8 Å². The second kappa shape index (κ2) is 10.1. The maximum Gasteiger partial charge on any atom is 0.356 e. The molecule has 176 valence electrons. The van der Waals surface area contributed by atoms with Crippen LogP contribution in [-0.4, -0.2) is 51.4 Å². The fraction of sp³-hybridized carbons (Fsp3) is 0.227. The van der Waals surface area contributed by atoms with Crippen LogP contribution in [0.5, 0.6) is 5.75 Å². The number of hydrogen-bond acceptors (Lipinski definition) is 8. The van der Waals surface area contributed by atoms with Gasteiger partial charge in [0.1, 0.15) is 29.5 Å². The van der Waals surface area contributed by atoms with E-state index in [-0.39, 0.29) is 35.4 Å². The van der Waals surface area contributed by atoms with Gasteiger partial charge in [-0.25, -0.2) is 4.79 Å². The average Bonchev–Trinajstić information content (AvgIpc) is 2.85. The molecule has 12 heteroatoms. The Morgan fingerprint density at radius 1 is 1.18 bits per heavy atom. The third kappa shape index (κ3) is 5.00. The molecule has 10 nitrogen and oxygen atoms in total. The van der Waals surface area contributed by atoms with Crippen molar-refractivity contribution in [1.82, 2.24) is 10.2 Å². The number of nitro benzene ring substituents is 1. The molecule has 34 heavy (non-hydrogen) atoms. The molecular weight excluding hydrogens is 486 g/mol. The minimum atomic E-state index is -0.820. The molecule has 1 fully saturated rings. The quantitative estimate of drug-likeness (QED) is 0.252. The maximum atomic E-state index is 12.7. The largest absolute Gasteiger partial charge is 0.484 e. The fourth-order valence-corrected chi connectivity index (χ4v) is 4.93. The first-order valence-corrected chi connectivity index (χ1v) is 11.5. The lowest BCUT2D eigenvalue weighted by molar-refractivity contribution is -0.384. The lowest BCUT2D eigenvalue weighted by Crippen LogP contribution is -2.70. The zero-order valence-electron chi connectivity index (χ0n) is 17.5. The normalized spacial score (nSPS) is 19.1. The SMILES string of the molecule is O=C(COc1ccccc1)N[C@@H]1C(=O)N2C(C(=O)OCc3ccc([N+](=O)[O-])cc3)=C(Cl)CS[C@H]12. The van der Waals surface area contributed by atoms with Crippen LogP contribution in [0.3, 0.4) is 0 Å². The molecule has 0 saturated carbocycles. The van der Waals surface area contributed by atoms with Gasteiger partial charge in [0.2, 0.25) is 0 Å². The first-order valence-electron chi connectivity index (χ1n) is 10.1. The molecule has 4 rings (SSSR count). The number of para-hydroxylation sites is 1. The van der Waals surface area contributed by atoms with Crippen LogP contribution in [0.25, 0.3) is 0 Å². The number of esters is 1. The van der Waals surface area contributed by atoms with Crippen molar-refractivity contribution in [1.29, 1.82) is 0 Å². The zero-order chi connectivity index (χ0) is 24.2. The summed E-state index contributed by atoms with van der Waals surface area (Å²) in [5.41, 5.74) is 0.390. The Bertz CT molecular complexity index is 1160. The third-order valence-corrected chi connectivity index (χ3v) is 6.81. The van der Waals surface area contributed by atoms with Gasteiger partial charge in [0, 0.05) is 17.9 Å². The smallest absolute Gasteiger partial charge is 0.356 e. The van der Waals surface area contributed by atoms with E-state index in [9.17, 15) is 24.5 Å². The van der Waals surface area contributed by atoms with Crippen LogP contribution in [0.4, 0.5) is 5.69 Å². The first kappa shape index (κ1) is 23.6. The molecule has 2 heterocycles. The van der Waals surface area contributed by atoms with Gasteiger partial charge in [0.15, 0.2) is 6.61 Å². The summed E-state index contributed by atoms with van der Waals surface area (Å²) in [5, 5.41) is 13.0. The molecule has 1 saturated heterocycles. The molecule has 2 amide bonds. The molecule has 2 aromatic rings. The Hall–Kier alpha value is -3.57. The minimum Gasteiger partial charge on any atom is -0.484 e. The van der Waals surface area contributed by atoms with Crippen LogP contribution >= 0.6 is 23.4 Å². The molecule has 0 aromatic heterocycles. The highest BCUT2D eigenvalue weighted by Gasteiger charge is 2.54. The number of thioether (sulfide) groups is 1. The zero-order valence-corrected chi connectivity index (χ0v) is 19.1. The Kier molecular flexibility index (Phi) is 7.03. The number of ether oxygens (including phenoxy) is 2. The van der Waals surface area contributed by atoms with E-state index < -0.39 is 34.1 Å². The van der Waals surface area contributed by atoms with Crippen molar-refractivity contribution in [3.63, 3.8) is 0 Å². The van der Waals surface area contributed by atoms with Crippen LogP contribution in [0.2, 0.25) is 0 Å². The summed E-state index contributed by atoms with van der Waals surface area (Å²) in [4.78, 5) is 49.1. The molecule has 0 radical (unpaired) electrons. The Morgan fingerprint density at radius 2 is 1.88 bits per heavy atom. The number of amides is 2. The van der Waals surface area contributed by atoms with Gasteiger partial charge in [-0.2, -0.15) is 0 Å². The van der Waals surface area contributed by atoms with Crippen molar-refractivity contribution >= 4 is 46.8 Å². The topological polar surface area (TPSA) is 128 Å². The summed E-state index contributed by atoms with van der Waals surface area (Å²) in [6.07, 6.45) is 0. The second-order valence-corrected chi connectivity index (χ2v) is 8.87. The number of carbonyl (C=O) groups is 3. The number of rotatable bonds is 8. The van der Waals surface area contributed by atoms with Crippen molar-refractivity contribution in [3.05, 3.63) is 81.0 Å². The monoisotopic (exact) mass is 503 g/mol. The predicted molar refractivity (Wildman–Crippen MR) is 123 cm³/mol. The number of nitrogens with one attached hydrogen (secondary N) is 1. The van der Waals surface area contributed by atoms with E-state index in [1.165, 1.54) is 40.9 Å². The Morgan fingerprint density at radius 3 is 2.56 bits per heavy atom. The molecule has 0 bridgehead atoms. The number of fused-ring (bicyclic) bond motifs is 1. The molecule has 1 N–H and O–H groups in total. The minimum absolute atomic E-state index is 0.0663. The molecule has 0 spiro atoms. The second-order valence-electron chi connectivity index (χ2n) is 7.31. The van der Waals surface area contributed by atoms with Crippen molar-refractivity contribution in [2.75, 3.05) is 12.4 Å². The highest BCUT2D eigenvalue weighted by molar-refractivity contribution is 8.00. The van der Waals surface area contributed by atoms with Gasteiger partial charge in [0.05, 0.1) is 9.96 Å². The number of halogens is 1. The average molecular weight is 504 g/mol. The summed E-state index contributed by atoms with van der Waals surface area (Å²) in [6.45, 7) is -0.409. The van der Waals surface area contributed by atoms with Crippen LogP contribution < -0.4 is 10.1 Å². The molecular formula is C22H18ClN3O7S. The molecule has 0 unspecified atom stereocenters. The van der Waals surface area contributed by atoms with E-state index in [1.54, 1.807) is 24.3 Å². The maximum absolute atomic E-state index is 12.7. The van der Waals surface area contributed by atoms with Gasteiger partial charge < -0.3 is 14.8 Å². The number of carbonyl (C=O) groups excluding carboxylic acids is 3. The predicted octanol–water partition coefficient (Wildman–Crippen LogP) is 2.57. The van der Waals surface area contributed by atoms with Crippen LogP contribution in [0.1, 0.15) is 5.56 Å². The Labute approximate surface area is 203 Å². The lowest BCUT2D eigenvalue weighted by atomic mass is 10.1. The summed E-state index contributed by atoms with van der Waals surface area (Å²) in [6, 6.07) is 13.5. The number of nitrogens with zero attached hydrogens (tertiary/aromatic N) is 2. The van der Waals surface area contributed by atoms with Crippen molar-refractivity contribution in [2.24, 2.45) is 0 Å². The number of β-lactam (4-membered cyclic amide) rings is 1. The van der Waals surface area contributed by atoms with Gasteiger partial charge in [0.25, 0.3) is 17.5 Å². The van der Waals surface area contributed by atoms with Gasteiger partial charge in [-0.3, -0.25) is 24.6 Å². The van der Waals surface area contributed by atoms with Gasteiger partial charge in [-0.1, -0.05) is 29.8 Å². The molecule has 2 aliphatic heterocycles. The van der Waals surface area contributed by atoms with E-state index in [2.05, 4.69) is 5.32 Å². The van der Waals surface area contributed by atoms with Crippen LogP contribution in [0, 0.1) is 10.1 Å². The first-order chi connectivity index (χ1) is 16.3. The van der Waals surface area contributed by atoms with E-state index in [0.717, 1.165) is 0 Å². The third-order valence-electron chi connectivity index (χ3n) is 5.06. The lowest BCUT2D eigenvalue weighted by Gasteiger charge is -2.49. The fourth-order valence-electron chi connectivity index (χ4n) is 3.38. The number of nitro groups is 1. The Balaban J connectivity index is 1.34. The standard InChI is InChI=1S/C22H18ClN3O7S/c23-16-12-34-21-18(24-17(27)11-32-15-4-2-1-3-5-15)20(28)25(21)19(16)22(29)33-10-13-6-8-14(9-7-13)26(30)31/h1-9,18,21H,10-12H2,(H,24,27)/t18-,21-/m1/s1.